The first kappa shape index (κ1) is 10.4. The molecule has 0 rings (SSSR count). The number of hydrogen-bond acceptors (Lipinski definition) is 1. The Morgan fingerprint density at radius 3 is 2.64 bits per heavy atom. The van der Waals surface area contributed by atoms with Gasteiger partial charge in [-0.3, -0.25) is 4.79 Å². The molecular formula is C10H18O. The van der Waals surface area contributed by atoms with Gasteiger partial charge in [0.2, 0.25) is 0 Å². The topological polar surface area (TPSA) is 17.1 Å². The summed E-state index contributed by atoms with van der Waals surface area (Å²) in [6, 6.07) is 0. The predicted molar refractivity (Wildman–Crippen MR) is 48.5 cm³/mol. The van der Waals surface area contributed by atoms with Crippen LogP contribution in [0.25, 0.3) is 0 Å². The number of rotatable bonds is 6. The monoisotopic (exact) mass is 154 g/mol. The van der Waals surface area contributed by atoms with E-state index in [1.54, 1.807) is 0 Å². The van der Waals surface area contributed by atoms with Crippen molar-refractivity contribution in [3.05, 3.63) is 12.7 Å². The average Bonchev–Trinajstić information content (AvgIpc) is 2.03. The van der Waals surface area contributed by atoms with E-state index in [2.05, 4.69) is 13.5 Å². The second kappa shape index (κ2) is 6.14. The van der Waals surface area contributed by atoms with E-state index < -0.39 is 0 Å². The van der Waals surface area contributed by atoms with Crippen LogP contribution >= 0.6 is 0 Å². The minimum Gasteiger partial charge on any atom is -0.295 e. The molecule has 0 saturated carbocycles. The lowest BCUT2D eigenvalue weighted by Gasteiger charge is -2.05. The first-order valence-corrected chi connectivity index (χ1v) is 4.38. The maximum Gasteiger partial charge on any atom is 0.157 e. The second-order valence-electron chi connectivity index (χ2n) is 3.00. The van der Waals surface area contributed by atoms with Gasteiger partial charge in [-0.1, -0.05) is 39.7 Å². The van der Waals surface area contributed by atoms with Crippen LogP contribution in [0.3, 0.4) is 0 Å². The summed E-state index contributed by atoms with van der Waals surface area (Å²) in [5.41, 5.74) is 0. The molecule has 0 radical (unpaired) electrons. The molecule has 1 nitrogen and oxygen atoms in total. The molecule has 0 N–H and O–H groups in total. The van der Waals surface area contributed by atoms with Crippen molar-refractivity contribution >= 4 is 5.78 Å². The smallest absolute Gasteiger partial charge is 0.157 e. The molecule has 0 aliphatic heterocycles. The van der Waals surface area contributed by atoms with Gasteiger partial charge in [-0.05, 0) is 12.5 Å². The summed E-state index contributed by atoms with van der Waals surface area (Å²) in [6.07, 6.45) is 6.05. The Morgan fingerprint density at radius 2 is 2.18 bits per heavy atom. The molecule has 1 heteroatoms. The summed E-state index contributed by atoms with van der Waals surface area (Å²) in [7, 11) is 0. The summed E-state index contributed by atoms with van der Waals surface area (Å²) in [5, 5.41) is 0. The summed E-state index contributed by atoms with van der Waals surface area (Å²) in [6.45, 7) is 7.60. The van der Waals surface area contributed by atoms with Gasteiger partial charge in [0, 0.05) is 5.92 Å². The highest BCUT2D eigenvalue weighted by atomic mass is 16.1. The summed E-state index contributed by atoms with van der Waals surface area (Å²) < 4.78 is 0. The van der Waals surface area contributed by atoms with Crippen molar-refractivity contribution in [2.75, 3.05) is 0 Å². The first-order chi connectivity index (χ1) is 5.22. The Kier molecular flexibility index (Phi) is 5.81. The van der Waals surface area contributed by atoms with Crippen LogP contribution in [0, 0.1) is 5.92 Å². The van der Waals surface area contributed by atoms with Crippen molar-refractivity contribution in [2.24, 2.45) is 5.92 Å². The maximum atomic E-state index is 11.0. The van der Waals surface area contributed by atoms with Crippen molar-refractivity contribution in [3.8, 4) is 0 Å². The van der Waals surface area contributed by atoms with Gasteiger partial charge in [0.15, 0.2) is 5.78 Å². The Morgan fingerprint density at radius 1 is 1.55 bits per heavy atom. The Hall–Kier alpha value is -0.590. The molecule has 0 aromatic rings. The highest BCUT2D eigenvalue weighted by Gasteiger charge is 2.07. The highest BCUT2D eigenvalue weighted by molar-refractivity contribution is 5.90. The van der Waals surface area contributed by atoms with E-state index in [0.717, 1.165) is 12.8 Å². The number of allylic oxidation sites excluding steroid dienone is 1. The third-order valence-corrected chi connectivity index (χ3v) is 1.93. The van der Waals surface area contributed by atoms with Crippen molar-refractivity contribution < 1.29 is 4.79 Å². The van der Waals surface area contributed by atoms with Crippen molar-refractivity contribution in [1.29, 1.82) is 0 Å². The molecule has 1 unspecified atom stereocenters. The van der Waals surface area contributed by atoms with Crippen LogP contribution in [0.15, 0.2) is 12.7 Å². The van der Waals surface area contributed by atoms with Crippen molar-refractivity contribution in [3.63, 3.8) is 0 Å². The number of ketones is 1. The Balaban J connectivity index is 3.43. The predicted octanol–water partition coefficient (Wildman–Crippen LogP) is 2.96. The summed E-state index contributed by atoms with van der Waals surface area (Å²) >= 11 is 0. The Bertz CT molecular complexity index is 127. The molecule has 0 heterocycles. The SMILES string of the molecule is C=CC(=O)C(C)CCCCC. The molecule has 1 atom stereocenters. The summed E-state index contributed by atoms with van der Waals surface area (Å²) in [4.78, 5) is 11.0. The van der Waals surface area contributed by atoms with Gasteiger partial charge in [0.1, 0.15) is 0 Å². The van der Waals surface area contributed by atoms with Gasteiger partial charge >= 0.3 is 0 Å². The number of carbonyl (C=O) groups is 1. The molecule has 0 amide bonds. The van der Waals surface area contributed by atoms with Gasteiger partial charge in [-0.25, -0.2) is 0 Å². The molecule has 0 aliphatic rings. The minimum absolute atomic E-state index is 0.180. The van der Waals surface area contributed by atoms with E-state index in [0.29, 0.717) is 0 Å². The molecule has 0 aromatic heterocycles. The summed E-state index contributed by atoms with van der Waals surface area (Å²) in [5.74, 6) is 0.361. The third-order valence-electron chi connectivity index (χ3n) is 1.93. The molecule has 64 valence electrons. The van der Waals surface area contributed by atoms with Crippen LogP contribution in [-0.2, 0) is 4.79 Å². The van der Waals surface area contributed by atoms with E-state index in [4.69, 9.17) is 0 Å². The van der Waals surface area contributed by atoms with Crippen LogP contribution < -0.4 is 0 Å². The standard InChI is InChI=1S/C10H18O/c1-4-6-7-8-9(3)10(11)5-2/h5,9H,2,4,6-8H2,1,3H3. The van der Waals surface area contributed by atoms with Gasteiger partial charge in [-0.15, -0.1) is 0 Å². The number of unbranched alkanes of at least 4 members (excludes halogenated alkanes) is 2. The van der Waals surface area contributed by atoms with Crippen molar-refractivity contribution in [1.82, 2.24) is 0 Å². The van der Waals surface area contributed by atoms with E-state index >= 15 is 0 Å². The normalized spacial score (nSPS) is 12.5. The average molecular weight is 154 g/mol. The minimum atomic E-state index is 0.180. The lowest BCUT2D eigenvalue weighted by atomic mass is 9.99. The third kappa shape index (κ3) is 4.77. The maximum absolute atomic E-state index is 11.0. The van der Waals surface area contributed by atoms with E-state index in [1.165, 1.54) is 18.9 Å². The zero-order valence-electron chi connectivity index (χ0n) is 7.60. The van der Waals surface area contributed by atoms with Crippen LogP contribution in [0.4, 0.5) is 0 Å². The molecule has 0 aliphatic carbocycles. The fourth-order valence-corrected chi connectivity index (χ4v) is 1.04. The van der Waals surface area contributed by atoms with E-state index in [9.17, 15) is 4.79 Å². The van der Waals surface area contributed by atoms with Crippen LogP contribution in [0.5, 0.6) is 0 Å². The van der Waals surface area contributed by atoms with Gasteiger partial charge < -0.3 is 0 Å². The number of carbonyl (C=O) groups excluding carboxylic acids is 1. The molecular weight excluding hydrogens is 136 g/mol. The van der Waals surface area contributed by atoms with Gasteiger partial charge in [-0.2, -0.15) is 0 Å². The molecule has 0 aromatic carbocycles. The lowest BCUT2D eigenvalue weighted by molar-refractivity contribution is -0.117. The van der Waals surface area contributed by atoms with Crippen LogP contribution in [0.2, 0.25) is 0 Å². The lowest BCUT2D eigenvalue weighted by Crippen LogP contribution is -2.06. The fourth-order valence-electron chi connectivity index (χ4n) is 1.04. The fraction of sp³-hybridized carbons (Fsp3) is 0.700. The molecule has 11 heavy (non-hydrogen) atoms. The molecule has 0 spiro atoms. The second-order valence-corrected chi connectivity index (χ2v) is 3.00. The molecule has 0 fully saturated rings. The van der Waals surface area contributed by atoms with E-state index in [-0.39, 0.29) is 11.7 Å². The van der Waals surface area contributed by atoms with Crippen LogP contribution in [-0.4, -0.2) is 5.78 Å². The van der Waals surface area contributed by atoms with Crippen molar-refractivity contribution in [2.45, 2.75) is 39.5 Å². The largest absolute Gasteiger partial charge is 0.295 e. The first-order valence-electron chi connectivity index (χ1n) is 4.38. The highest BCUT2D eigenvalue weighted by Crippen LogP contribution is 2.10. The van der Waals surface area contributed by atoms with Gasteiger partial charge in [0.25, 0.3) is 0 Å². The quantitative estimate of drug-likeness (QED) is 0.424. The van der Waals surface area contributed by atoms with Gasteiger partial charge in [0.05, 0.1) is 0 Å². The van der Waals surface area contributed by atoms with E-state index in [1.807, 2.05) is 6.92 Å². The molecule has 0 saturated heterocycles. The zero-order chi connectivity index (χ0) is 8.69. The zero-order valence-corrected chi connectivity index (χ0v) is 7.60. The number of hydrogen-bond donors (Lipinski definition) is 0. The Labute approximate surface area is 69.5 Å². The van der Waals surface area contributed by atoms with Crippen LogP contribution in [0.1, 0.15) is 39.5 Å². The molecule has 0 bridgehead atoms.